The summed E-state index contributed by atoms with van der Waals surface area (Å²) in [5, 5.41) is 2.73. The van der Waals surface area contributed by atoms with Crippen LogP contribution in [0.4, 0.5) is 0 Å². The fourth-order valence-electron chi connectivity index (χ4n) is 4.62. The van der Waals surface area contributed by atoms with Crippen molar-refractivity contribution in [2.75, 3.05) is 6.61 Å². The molecular formula is C24H34O2Si2. The Morgan fingerprint density at radius 2 is 1.39 bits per heavy atom. The van der Waals surface area contributed by atoms with Gasteiger partial charge in [-0.05, 0) is 18.5 Å². The van der Waals surface area contributed by atoms with Crippen LogP contribution in [0, 0.1) is 0 Å². The molecule has 0 spiro atoms. The smallest absolute Gasteiger partial charge is 0.306 e. The van der Waals surface area contributed by atoms with Crippen LogP contribution in [-0.4, -0.2) is 28.7 Å². The number of carbonyl (C=O) groups excluding carboxylic acids is 1. The van der Waals surface area contributed by atoms with Crippen molar-refractivity contribution in [3.63, 3.8) is 0 Å². The molecule has 0 aliphatic rings. The van der Waals surface area contributed by atoms with Crippen molar-refractivity contribution in [3.8, 4) is 0 Å². The maximum atomic E-state index is 12.9. The summed E-state index contributed by atoms with van der Waals surface area (Å²) in [5.74, 6) is -0.0892. The van der Waals surface area contributed by atoms with Crippen LogP contribution in [0.5, 0.6) is 0 Å². The van der Waals surface area contributed by atoms with Crippen molar-refractivity contribution in [2.45, 2.75) is 51.1 Å². The maximum absolute atomic E-state index is 12.9. The van der Waals surface area contributed by atoms with Gasteiger partial charge in [0.05, 0.1) is 21.1 Å². The molecule has 2 aromatic carbocycles. The van der Waals surface area contributed by atoms with E-state index in [0.717, 1.165) is 0 Å². The van der Waals surface area contributed by atoms with E-state index >= 15 is 0 Å². The Morgan fingerprint density at radius 3 is 1.75 bits per heavy atom. The summed E-state index contributed by atoms with van der Waals surface area (Å²) in [7, 11) is -4.23. The largest absolute Gasteiger partial charge is 0.466 e. The molecule has 28 heavy (non-hydrogen) atoms. The van der Waals surface area contributed by atoms with Crippen molar-refractivity contribution in [1.29, 1.82) is 0 Å². The molecule has 0 aromatic heterocycles. The second-order valence-electron chi connectivity index (χ2n) is 8.56. The zero-order chi connectivity index (χ0) is 20.8. The Hall–Kier alpha value is -1.92. The third kappa shape index (κ3) is 4.08. The Labute approximate surface area is 172 Å². The topological polar surface area (TPSA) is 26.3 Å². The maximum Gasteiger partial charge on any atom is 0.306 e. The van der Waals surface area contributed by atoms with E-state index in [-0.39, 0.29) is 10.6 Å². The molecule has 0 saturated carbocycles. The Balaban J connectivity index is 2.88. The van der Waals surface area contributed by atoms with Gasteiger partial charge in [-0.2, -0.15) is 0 Å². The zero-order valence-electron chi connectivity index (χ0n) is 18.2. The van der Waals surface area contributed by atoms with Gasteiger partial charge in [0.25, 0.3) is 0 Å². The van der Waals surface area contributed by atoms with Crippen LogP contribution in [0.2, 0.25) is 30.8 Å². The second kappa shape index (κ2) is 9.06. The fraction of sp³-hybridized carbons (Fsp3) is 0.375. The van der Waals surface area contributed by atoms with Crippen LogP contribution >= 0.6 is 0 Å². The van der Waals surface area contributed by atoms with E-state index in [1.807, 2.05) is 6.92 Å². The first-order valence-corrected chi connectivity index (χ1v) is 16.1. The van der Waals surface area contributed by atoms with Gasteiger partial charge in [-0.25, -0.2) is 0 Å². The predicted octanol–water partition coefficient (Wildman–Crippen LogP) is 5.03. The molecule has 0 radical (unpaired) electrons. The van der Waals surface area contributed by atoms with E-state index in [1.165, 1.54) is 10.4 Å². The molecule has 0 saturated heterocycles. The van der Waals surface area contributed by atoms with E-state index in [9.17, 15) is 4.79 Å². The van der Waals surface area contributed by atoms with E-state index in [4.69, 9.17) is 4.74 Å². The van der Waals surface area contributed by atoms with Crippen LogP contribution in [0.1, 0.15) is 20.3 Å². The predicted molar refractivity (Wildman–Crippen MR) is 126 cm³/mol. The Morgan fingerprint density at radius 1 is 0.929 bits per heavy atom. The van der Waals surface area contributed by atoms with E-state index < -0.39 is 16.1 Å². The molecule has 2 rings (SSSR count). The number of ether oxygens (including phenoxy) is 1. The number of allylic oxidation sites excluding steroid dienone is 2. The van der Waals surface area contributed by atoms with E-state index in [0.29, 0.717) is 13.0 Å². The highest BCUT2D eigenvalue weighted by Gasteiger charge is 2.58. The summed E-state index contributed by atoms with van der Waals surface area (Å²) in [6, 6.07) is 21.6. The fourth-order valence-corrected chi connectivity index (χ4v) is 16.9. The lowest BCUT2D eigenvalue weighted by molar-refractivity contribution is -0.143. The molecule has 4 heteroatoms. The third-order valence-corrected chi connectivity index (χ3v) is 18.0. The first kappa shape index (κ1) is 22.4. The van der Waals surface area contributed by atoms with Crippen molar-refractivity contribution in [1.82, 2.24) is 0 Å². The number of rotatable bonds is 8. The second-order valence-corrected chi connectivity index (χ2v) is 18.7. The van der Waals surface area contributed by atoms with Gasteiger partial charge in [-0.15, -0.1) is 0 Å². The van der Waals surface area contributed by atoms with Crippen molar-refractivity contribution < 1.29 is 9.53 Å². The normalized spacial score (nSPS) is 14.6. The standard InChI is InChI=1S/C24H34O2Si2/c1-7-19-24(27(3,4)5,20-23(25)26-8-2)28(6,21-15-11-9-12-16-21)22-17-13-10-14-18-22/h7,9-19H,8,20H2,1-6H3/t24-/m0/s1. The quantitative estimate of drug-likeness (QED) is 0.347. The molecule has 0 amide bonds. The van der Waals surface area contributed by atoms with Gasteiger partial charge in [0, 0.05) is 0 Å². The molecule has 0 heterocycles. The average molecular weight is 411 g/mol. The van der Waals surface area contributed by atoms with Gasteiger partial charge in [-0.3, -0.25) is 4.79 Å². The highest BCUT2D eigenvalue weighted by molar-refractivity contribution is 7.13. The molecule has 2 nitrogen and oxygen atoms in total. The molecule has 0 unspecified atom stereocenters. The van der Waals surface area contributed by atoms with Crippen LogP contribution in [0.25, 0.3) is 0 Å². The highest BCUT2D eigenvalue weighted by atomic mass is 28.4. The average Bonchev–Trinajstić information content (AvgIpc) is 2.67. The van der Waals surface area contributed by atoms with Crippen LogP contribution in [0.15, 0.2) is 72.8 Å². The van der Waals surface area contributed by atoms with Crippen molar-refractivity contribution in [3.05, 3.63) is 72.8 Å². The van der Waals surface area contributed by atoms with Gasteiger partial charge in [-0.1, -0.05) is 109 Å². The third-order valence-electron chi connectivity index (χ3n) is 6.11. The first-order chi connectivity index (χ1) is 13.2. The molecular weight excluding hydrogens is 376 g/mol. The lowest BCUT2D eigenvalue weighted by atomic mass is 10.2. The van der Waals surface area contributed by atoms with Gasteiger partial charge >= 0.3 is 5.97 Å². The Bertz CT molecular complexity index is 755. The molecule has 0 aliphatic carbocycles. The molecule has 1 atom stereocenters. The lowest BCUT2D eigenvalue weighted by Crippen LogP contribution is -2.70. The number of carbonyl (C=O) groups is 1. The molecule has 2 aromatic rings. The lowest BCUT2D eigenvalue weighted by Gasteiger charge is -2.53. The van der Waals surface area contributed by atoms with E-state index in [1.54, 1.807) is 0 Å². The first-order valence-electron chi connectivity index (χ1n) is 10.1. The summed E-state index contributed by atoms with van der Waals surface area (Å²) in [6.45, 7) is 14.0. The minimum Gasteiger partial charge on any atom is -0.466 e. The molecule has 0 fully saturated rings. The van der Waals surface area contributed by atoms with Gasteiger partial charge in [0.15, 0.2) is 0 Å². The highest BCUT2D eigenvalue weighted by Crippen LogP contribution is 2.51. The van der Waals surface area contributed by atoms with Crippen LogP contribution in [0.3, 0.4) is 0 Å². The minimum absolute atomic E-state index is 0.0892. The summed E-state index contributed by atoms with van der Waals surface area (Å²) in [6.07, 6.45) is 4.93. The summed E-state index contributed by atoms with van der Waals surface area (Å²) in [5.41, 5.74) is 0. The van der Waals surface area contributed by atoms with E-state index in [2.05, 4.69) is 106 Å². The van der Waals surface area contributed by atoms with Crippen molar-refractivity contribution in [2.24, 2.45) is 0 Å². The molecule has 0 bridgehead atoms. The zero-order valence-corrected chi connectivity index (χ0v) is 20.2. The summed E-state index contributed by atoms with van der Waals surface area (Å²) < 4.78 is 5.27. The van der Waals surface area contributed by atoms with Gasteiger partial charge in [0.1, 0.15) is 8.07 Å². The van der Waals surface area contributed by atoms with Gasteiger partial charge < -0.3 is 4.74 Å². The monoisotopic (exact) mass is 410 g/mol. The summed E-state index contributed by atoms with van der Waals surface area (Å²) in [4.78, 5) is 12.9. The molecule has 0 aliphatic heterocycles. The van der Waals surface area contributed by atoms with Crippen LogP contribution in [-0.2, 0) is 9.53 Å². The van der Waals surface area contributed by atoms with Gasteiger partial charge in [0.2, 0.25) is 0 Å². The number of esters is 1. The summed E-state index contributed by atoms with van der Waals surface area (Å²) >= 11 is 0. The SMILES string of the molecule is CC=C[C@](CC(=O)OCC)([Si](C)(C)C)[Si](C)(c1ccccc1)c1ccccc1. The van der Waals surface area contributed by atoms with Crippen molar-refractivity contribution >= 4 is 32.5 Å². The number of hydrogen-bond acceptors (Lipinski definition) is 2. The minimum atomic E-state index is -2.36. The van der Waals surface area contributed by atoms with Crippen LogP contribution < -0.4 is 10.4 Å². The molecule has 150 valence electrons. The molecule has 0 N–H and O–H groups in total. The number of hydrogen-bond donors (Lipinski definition) is 0. The number of benzene rings is 2. The Kier molecular flexibility index (Phi) is 7.24.